The fraction of sp³-hybridized carbons (Fsp3) is 0.167. The van der Waals surface area contributed by atoms with Crippen molar-refractivity contribution in [1.29, 1.82) is 0 Å². The minimum absolute atomic E-state index is 0.00136. The summed E-state index contributed by atoms with van der Waals surface area (Å²) in [6.45, 7) is 0.427. The van der Waals surface area contributed by atoms with E-state index in [9.17, 15) is 4.79 Å². The minimum Gasteiger partial charge on any atom is -0.381 e. The highest BCUT2D eigenvalue weighted by molar-refractivity contribution is 5.95. The number of rotatable bonds is 4. The van der Waals surface area contributed by atoms with Crippen molar-refractivity contribution in [2.45, 2.75) is 18.8 Å². The van der Waals surface area contributed by atoms with Crippen LogP contribution in [0.3, 0.4) is 0 Å². The first-order valence-electron chi connectivity index (χ1n) is 7.01. The van der Waals surface area contributed by atoms with Crippen LogP contribution in [0.1, 0.15) is 17.2 Å². The molecule has 3 heteroatoms. The van der Waals surface area contributed by atoms with E-state index in [1.807, 2.05) is 60.7 Å². The van der Waals surface area contributed by atoms with E-state index in [0.29, 0.717) is 6.61 Å². The van der Waals surface area contributed by atoms with Crippen molar-refractivity contribution >= 4 is 5.78 Å². The molecule has 21 heavy (non-hydrogen) atoms. The van der Waals surface area contributed by atoms with Crippen molar-refractivity contribution in [3.63, 3.8) is 0 Å². The zero-order valence-corrected chi connectivity index (χ0v) is 11.6. The van der Waals surface area contributed by atoms with Crippen LogP contribution < -0.4 is 5.32 Å². The molecule has 1 aliphatic rings. The molecule has 3 rings (SSSR count). The molecule has 0 fully saturated rings. The molecule has 1 N–H and O–H groups in total. The van der Waals surface area contributed by atoms with Crippen LogP contribution in [-0.4, -0.2) is 11.9 Å². The van der Waals surface area contributed by atoms with Gasteiger partial charge in [0.1, 0.15) is 6.10 Å². The maximum absolute atomic E-state index is 12.1. The first-order valence-corrected chi connectivity index (χ1v) is 7.01. The Balaban J connectivity index is 1.76. The molecule has 0 bridgehead atoms. The second-order valence-electron chi connectivity index (χ2n) is 5.01. The molecule has 0 aromatic heterocycles. The number of hydrogen-bond donors (Lipinski definition) is 1. The normalized spacial score (nSPS) is 21.0. The van der Waals surface area contributed by atoms with Crippen molar-refractivity contribution in [2.75, 3.05) is 0 Å². The van der Waals surface area contributed by atoms with Crippen molar-refractivity contribution in [3.05, 3.63) is 84.1 Å². The Bertz CT molecular complexity index is 622. The van der Waals surface area contributed by atoms with Gasteiger partial charge in [0.25, 0.3) is 0 Å². The predicted molar refractivity (Wildman–Crippen MR) is 81.5 cm³/mol. The zero-order chi connectivity index (χ0) is 14.5. The lowest BCUT2D eigenvalue weighted by Gasteiger charge is -2.29. The van der Waals surface area contributed by atoms with E-state index in [4.69, 9.17) is 4.74 Å². The average molecular weight is 279 g/mol. The summed E-state index contributed by atoms with van der Waals surface area (Å²) in [6, 6.07) is 19.6. The van der Waals surface area contributed by atoms with Crippen molar-refractivity contribution in [3.8, 4) is 0 Å². The summed E-state index contributed by atoms with van der Waals surface area (Å²) in [5, 5.41) is 3.23. The molecule has 0 radical (unpaired) electrons. The highest BCUT2D eigenvalue weighted by Crippen LogP contribution is 2.24. The number of ether oxygens (including phenoxy) is 1. The average Bonchev–Trinajstić information content (AvgIpc) is 2.55. The standard InChI is InChI=1S/C18H17NO2/c20-16-11-12-19-17(15-9-5-2-6-10-15)18(16)21-13-14-7-3-1-4-8-14/h1-12,17-19H,13H2. The highest BCUT2D eigenvalue weighted by Gasteiger charge is 2.30. The van der Waals surface area contributed by atoms with Gasteiger partial charge in [-0.1, -0.05) is 60.7 Å². The molecule has 106 valence electrons. The molecule has 0 aliphatic carbocycles. The number of benzene rings is 2. The van der Waals surface area contributed by atoms with Crippen LogP contribution in [0.15, 0.2) is 72.9 Å². The zero-order valence-electron chi connectivity index (χ0n) is 11.6. The van der Waals surface area contributed by atoms with Crippen LogP contribution in [0.2, 0.25) is 0 Å². The third-order valence-corrected chi connectivity index (χ3v) is 3.54. The lowest BCUT2D eigenvalue weighted by Crippen LogP contribution is -2.39. The van der Waals surface area contributed by atoms with Crippen LogP contribution in [0, 0.1) is 0 Å². The molecule has 0 spiro atoms. The molecule has 3 nitrogen and oxygen atoms in total. The van der Waals surface area contributed by atoms with Crippen LogP contribution >= 0.6 is 0 Å². The van der Waals surface area contributed by atoms with E-state index in [-0.39, 0.29) is 11.8 Å². The maximum atomic E-state index is 12.1. The SMILES string of the molecule is O=C1C=CNC(c2ccccc2)C1OCc1ccccc1. The van der Waals surface area contributed by atoms with Gasteiger partial charge < -0.3 is 10.1 Å². The largest absolute Gasteiger partial charge is 0.381 e. The van der Waals surface area contributed by atoms with Crippen LogP contribution in [0.5, 0.6) is 0 Å². The van der Waals surface area contributed by atoms with Gasteiger partial charge in [-0.15, -0.1) is 0 Å². The Morgan fingerprint density at radius 2 is 1.62 bits per heavy atom. The molecular weight excluding hydrogens is 262 g/mol. The highest BCUT2D eigenvalue weighted by atomic mass is 16.5. The van der Waals surface area contributed by atoms with E-state index in [1.165, 1.54) is 6.08 Å². The van der Waals surface area contributed by atoms with Gasteiger partial charge in [-0.05, 0) is 17.2 Å². The maximum Gasteiger partial charge on any atom is 0.188 e. The second-order valence-corrected chi connectivity index (χ2v) is 5.01. The summed E-state index contributed by atoms with van der Waals surface area (Å²) in [4.78, 5) is 12.1. The lowest BCUT2D eigenvalue weighted by atomic mass is 9.96. The van der Waals surface area contributed by atoms with Crippen molar-refractivity contribution in [2.24, 2.45) is 0 Å². The van der Waals surface area contributed by atoms with Gasteiger partial charge >= 0.3 is 0 Å². The number of nitrogens with one attached hydrogen (secondary N) is 1. The van der Waals surface area contributed by atoms with Crippen LogP contribution in [-0.2, 0) is 16.1 Å². The smallest absolute Gasteiger partial charge is 0.188 e. The van der Waals surface area contributed by atoms with Gasteiger partial charge in [-0.2, -0.15) is 0 Å². The monoisotopic (exact) mass is 279 g/mol. The summed E-state index contributed by atoms with van der Waals surface area (Å²) in [6.07, 6.45) is 2.73. The van der Waals surface area contributed by atoms with E-state index >= 15 is 0 Å². The number of hydrogen-bond acceptors (Lipinski definition) is 3. The number of carbonyl (C=O) groups excluding carboxylic acids is 1. The molecule has 2 aromatic rings. The second kappa shape index (κ2) is 6.37. The van der Waals surface area contributed by atoms with Crippen molar-refractivity contribution < 1.29 is 9.53 Å². The van der Waals surface area contributed by atoms with Crippen LogP contribution in [0.4, 0.5) is 0 Å². The first-order chi connectivity index (χ1) is 10.3. The van der Waals surface area contributed by atoms with Gasteiger partial charge in [0.2, 0.25) is 0 Å². The van der Waals surface area contributed by atoms with Crippen molar-refractivity contribution in [1.82, 2.24) is 5.32 Å². The van der Waals surface area contributed by atoms with E-state index in [0.717, 1.165) is 11.1 Å². The lowest BCUT2D eigenvalue weighted by molar-refractivity contribution is -0.129. The summed E-state index contributed by atoms with van der Waals surface area (Å²) in [5.41, 5.74) is 2.11. The molecule has 0 saturated carbocycles. The Hall–Kier alpha value is -2.39. The van der Waals surface area contributed by atoms with Gasteiger partial charge in [-0.3, -0.25) is 4.79 Å². The van der Waals surface area contributed by atoms with E-state index < -0.39 is 6.10 Å². The predicted octanol–water partition coefficient (Wildman–Crippen LogP) is 3.00. The number of ketones is 1. The number of carbonyl (C=O) groups is 1. The van der Waals surface area contributed by atoms with Gasteiger partial charge in [-0.25, -0.2) is 0 Å². The molecule has 2 aromatic carbocycles. The quantitative estimate of drug-likeness (QED) is 0.935. The third-order valence-electron chi connectivity index (χ3n) is 3.54. The summed E-state index contributed by atoms with van der Waals surface area (Å²) in [5.74, 6) is -0.00136. The van der Waals surface area contributed by atoms with Gasteiger partial charge in [0.05, 0.1) is 12.6 Å². The third kappa shape index (κ3) is 3.20. The minimum atomic E-state index is -0.502. The Kier molecular flexibility index (Phi) is 4.12. The summed E-state index contributed by atoms with van der Waals surface area (Å²) in [7, 11) is 0. The Morgan fingerprint density at radius 1 is 0.952 bits per heavy atom. The first kappa shape index (κ1) is 13.6. The van der Waals surface area contributed by atoms with Gasteiger partial charge in [0, 0.05) is 6.20 Å². The molecular formula is C18H17NO2. The molecule has 2 atom stereocenters. The molecule has 1 heterocycles. The molecule has 2 unspecified atom stereocenters. The molecule has 1 aliphatic heterocycles. The molecule has 0 saturated heterocycles. The Labute approximate surface area is 124 Å². The molecule has 0 amide bonds. The summed E-state index contributed by atoms with van der Waals surface area (Å²) < 4.78 is 5.89. The Morgan fingerprint density at radius 3 is 2.33 bits per heavy atom. The topological polar surface area (TPSA) is 38.3 Å². The van der Waals surface area contributed by atoms with Crippen LogP contribution in [0.25, 0.3) is 0 Å². The van der Waals surface area contributed by atoms with E-state index in [1.54, 1.807) is 6.20 Å². The van der Waals surface area contributed by atoms with E-state index in [2.05, 4.69) is 5.32 Å². The fourth-order valence-electron chi connectivity index (χ4n) is 2.45. The summed E-state index contributed by atoms with van der Waals surface area (Å²) >= 11 is 0. The van der Waals surface area contributed by atoms with Gasteiger partial charge in [0.15, 0.2) is 5.78 Å². The fourth-order valence-corrected chi connectivity index (χ4v) is 2.45.